The van der Waals surface area contributed by atoms with Gasteiger partial charge in [-0.15, -0.1) is 0 Å². The smallest absolute Gasteiger partial charge is 0.263 e. The number of halogens is 1. The number of hydrogen-bond donors (Lipinski definition) is 2. The lowest BCUT2D eigenvalue weighted by Gasteiger charge is -2.09. The molecule has 2 rings (SSSR count). The Labute approximate surface area is 118 Å². The summed E-state index contributed by atoms with van der Waals surface area (Å²) < 4.78 is 27.4. The van der Waals surface area contributed by atoms with Crippen molar-refractivity contribution in [3.05, 3.63) is 56.9 Å². The molecule has 7 heteroatoms. The predicted octanol–water partition coefficient (Wildman–Crippen LogP) is 2.25. The average Bonchev–Trinajstić information content (AvgIpc) is 2.27. The summed E-state index contributed by atoms with van der Waals surface area (Å²) in [5, 5.41) is 0. The number of aromatic amines is 1. The Morgan fingerprint density at radius 3 is 2.53 bits per heavy atom. The second kappa shape index (κ2) is 5.18. The quantitative estimate of drug-likeness (QED) is 0.897. The number of H-pyrrole nitrogens is 1. The second-order valence-corrected chi connectivity index (χ2v) is 6.61. The molecule has 0 aliphatic rings. The molecule has 1 aromatic carbocycles. The zero-order valence-electron chi connectivity index (χ0n) is 9.98. The number of sulfonamides is 1. The summed E-state index contributed by atoms with van der Waals surface area (Å²) in [7, 11) is -3.70. The van der Waals surface area contributed by atoms with Crippen molar-refractivity contribution in [2.75, 3.05) is 4.72 Å². The van der Waals surface area contributed by atoms with Crippen LogP contribution in [0.4, 0.5) is 5.69 Å². The van der Waals surface area contributed by atoms with E-state index >= 15 is 0 Å². The van der Waals surface area contributed by atoms with Crippen LogP contribution < -0.4 is 10.3 Å². The highest BCUT2D eigenvalue weighted by Gasteiger charge is 2.14. The maximum atomic E-state index is 12.1. The lowest BCUT2D eigenvalue weighted by atomic mass is 10.2. The lowest BCUT2D eigenvalue weighted by Crippen LogP contribution is -2.15. The minimum atomic E-state index is -3.70. The number of anilines is 1. The van der Waals surface area contributed by atoms with Gasteiger partial charge in [0.15, 0.2) is 0 Å². The molecule has 0 aliphatic carbocycles. The molecule has 0 atom stereocenters. The fourth-order valence-corrected chi connectivity index (χ4v) is 3.19. The first-order valence-corrected chi connectivity index (χ1v) is 7.63. The van der Waals surface area contributed by atoms with E-state index in [2.05, 4.69) is 25.6 Å². The normalized spacial score (nSPS) is 11.3. The first-order valence-electron chi connectivity index (χ1n) is 5.35. The molecule has 0 bridgehead atoms. The average molecular weight is 343 g/mol. The minimum absolute atomic E-state index is 0.00438. The molecule has 0 amide bonds. The van der Waals surface area contributed by atoms with Crippen LogP contribution in [0.1, 0.15) is 5.56 Å². The summed E-state index contributed by atoms with van der Waals surface area (Å²) in [4.78, 5) is 13.3. The third-order valence-electron chi connectivity index (χ3n) is 2.36. The maximum absolute atomic E-state index is 12.1. The monoisotopic (exact) mass is 342 g/mol. The van der Waals surface area contributed by atoms with Gasteiger partial charge in [-0.05, 0) is 36.8 Å². The van der Waals surface area contributed by atoms with Crippen LogP contribution in [0.15, 0.2) is 50.7 Å². The van der Waals surface area contributed by atoms with Gasteiger partial charge in [0.25, 0.3) is 10.0 Å². The van der Waals surface area contributed by atoms with Gasteiger partial charge in [0, 0.05) is 16.7 Å². The van der Waals surface area contributed by atoms with Crippen molar-refractivity contribution in [2.45, 2.75) is 11.8 Å². The van der Waals surface area contributed by atoms with Crippen LogP contribution >= 0.6 is 15.9 Å². The van der Waals surface area contributed by atoms with E-state index in [0.717, 1.165) is 16.2 Å². The fraction of sp³-hybridized carbons (Fsp3) is 0.0833. The Hall–Kier alpha value is -1.60. The van der Waals surface area contributed by atoms with Gasteiger partial charge in [0.2, 0.25) is 5.56 Å². The van der Waals surface area contributed by atoms with Crippen molar-refractivity contribution in [3.8, 4) is 0 Å². The molecule has 100 valence electrons. The molecule has 0 radical (unpaired) electrons. The van der Waals surface area contributed by atoms with Crippen LogP contribution in [0.3, 0.4) is 0 Å². The topological polar surface area (TPSA) is 79.0 Å². The van der Waals surface area contributed by atoms with Crippen LogP contribution in [-0.4, -0.2) is 13.4 Å². The summed E-state index contributed by atoms with van der Waals surface area (Å²) >= 11 is 3.30. The molecule has 19 heavy (non-hydrogen) atoms. The van der Waals surface area contributed by atoms with Gasteiger partial charge in [-0.2, -0.15) is 0 Å². The van der Waals surface area contributed by atoms with E-state index in [4.69, 9.17) is 0 Å². The van der Waals surface area contributed by atoms with E-state index in [1.54, 1.807) is 12.1 Å². The summed E-state index contributed by atoms with van der Waals surface area (Å²) in [5.74, 6) is 0. The molecule has 5 nitrogen and oxygen atoms in total. The largest absolute Gasteiger partial charge is 0.328 e. The molecule has 2 N–H and O–H groups in total. The Bertz CT molecular complexity index is 728. The van der Waals surface area contributed by atoms with Gasteiger partial charge in [0.05, 0.1) is 5.69 Å². The highest BCUT2D eigenvalue weighted by Crippen LogP contribution is 2.21. The zero-order chi connectivity index (χ0) is 14.0. The van der Waals surface area contributed by atoms with E-state index in [9.17, 15) is 13.2 Å². The fourth-order valence-electron chi connectivity index (χ4n) is 1.57. The van der Waals surface area contributed by atoms with E-state index < -0.39 is 10.0 Å². The zero-order valence-corrected chi connectivity index (χ0v) is 12.4. The van der Waals surface area contributed by atoms with Crippen molar-refractivity contribution in [2.24, 2.45) is 0 Å². The Balaban J connectivity index is 2.36. The summed E-state index contributed by atoms with van der Waals surface area (Å²) in [5.41, 5.74) is 1.03. The molecular formula is C12H11BrN2O3S. The molecule has 0 unspecified atom stereocenters. The van der Waals surface area contributed by atoms with Gasteiger partial charge < -0.3 is 4.98 Å². The van der Waals surface area contributed by atoms with Crippen molar-refractivity contribution >= 4 is 31.6 Å². The van der Waals surface area contributed by atoms with Crippen LogP contribution in [-0.2, 0) is 10.0 Å². The minimum Gasteiger partial charge on any atom is -0.328 e. The molecular weight excluding hydrogens is 332 g/mol. The summed E-state index contributed by atoms with van der Waals surface area (Å²) in [6, 6.07) is 7.68. The molecule has 0 spiro atoms. The third-order valence-corrected chi connectivity index (χ3v) is 4.20. The molecule has 0 saturated heterocycles. The number of pyridine rings is 1. The predicted molar refractivity (Wildman–Crippen MR) is 76.8 cm³/mol. The number of aromatic nitrogens is 1. The number of hydrogen-bond acceptors (Lipinski definition) is 3. The van der Waals surface area contributed by atoms with Crippen molar-refractivity contribution < 1.29 is 8.42 Å². The maximum Gasteiger partial charge on any atom is 0.263 e. The highest BCUT2D eigenvalue weighted by atomic mass is 79.9. The number of benzene rings is 1. The van der Waals surface area contributed by atoms with Gasteiger partial charge in [-0.1, -0.05) is 15.9 Å². The molecule has 0 saturated carbocycles. The highest BCUT2D eigenvalue weighted by molar-refractivity contribution is 9.10. The van der Waals surface area contributed by atoms with E-state index in [1.165, 1.54) is 12.1 Å². The summed E-state index contributed by atoms with van der Waals surface area (Å²) in [6.07, 6.45) is 1.16. The number of nitrogens with one attached hydrogen (secondary N) is 2. The molecule has 1 aromatic heterocycles. The van der Waals surface area contributed by atoms with E-state index in [0.29, 0.717) is 5.69 Å². The van der Waals surface area contributed by atoms with Crippen LogP contribution in [0.5, 0.6) is 0 Å². The first kappa shape index (κ1) is 13.8. The van der Waals surface area contributed by atoms with Gasteiger partial charge in [-0.3, -0.25) is 9.52 Å². The van der Waals surface area contributed by atoms with E-state index in [1.807, 2.05) is 13.0 Å². The van der Waals surface area contributed by atoms with Crippen molar-refractivity contribution in [3.63, 3.8) is 0 Å². The van der Waals surface area contributed by atoms with Crippen LogP contribution in [0, 0.1) is 6.92 Å². The van der Waals surface area contributed by atoms with Gasteiger partial charge >= 0.3 is 0 Å². The Morgan fingerprint density at radius 1 is 1.21 bits per heavy atom. The third kappa shape index (κ3) is 3.45. The van der Waals surface area contributed by atoms with Crippen LogP contribution in [0.2, 0.25) is 0 Å². The lowest BCUT2D eigenvalue weighted by molar-refractivity contribution is 0.600. The second-order valence-electron chi connectivity index (χ2n) is 4.01. The van der Waals surface area contributed by atoms with Gasteiger partial charge in [-0.25, -0.2) is 8.42 Å². The molecule has 0 fully saturated rings. The molecule has 1 heterocycles. The SMILES string of the molecule is Cc1cc(Br)cc(NS(=O)(=O)c2ccc(=O)[nH]c2)c1. The first-order chi connectivity index (χ1) is 8.87. The van der Waals surface area contributed by atoms with E-state index in [-0.39, 0.29) is 10.5 Å². The number of rotatable bonds is 3. The Morgan fingerprint density at radius 2 is 1.95 bits per heavy atom. The van der Waals surface area contributed by atoms with Crippen LogP contribution in [0.25, 0.3) is 0 Å². The van der Waals surface area contributed by atoms with Gasteiger partial charge in [0.1, 0.15) is 4.90 Å². The Kier molecular flexibility index (Phi) is 3.77. The van der Waals surface area contributed by atoms with Crippen molar-refractivity contribution in [1.29, 1.82) is 0 Å². The van der Waals surface area contributed by atoms with Crippen molar-refractivity contribution in [1.82, 2.24) is 4.98 Å². The summed E-state index contributed by atoms with van der Waals surface area (Å²) in [6.45, 7) is 1.86. The molecule has 0 aliphatic heterocycles. The number of aryl methyl sites for hydroxylation is 1. The molecule has 2 aromatic rings. The standard InChI is InChI=1S/C12H11BrN2O3S/c1-8-4-9(13)6-10(5-8)15-19(17,18)11-2-3-12(16)14-7-11/h2-7,15H,1H3,(H,14,16).